The van der Waals surface area contributed by atoms with Crippen molar-refractivity contribution in [3.05, 3.63) is 12.7 Å². The Kier molecular flexibility index (Phi) is 3.97. The number of fused-ring (bicyclic) bond motifs is 2. The predicted molar refractivity (Wildman–Crippen MR) is 66.9 cm³/mol. The number of hydrogen-bond acceptors (Lipinski definition) is 6. The first kappa shape index (κ1) is 15.0. The van der Waals surface area contributed by atoms with E-state index in [1.807, 2.05) is 0 Å². The van der Waals surface area contributed by atoms with Crippen LogP contribution in [0.5, 0.6) is 0 Å². The monoisotopic (exact) mass is 297 g/mol. The summed E-state index contributed by atoms with van der Waals surface area (Å²) in [5, 5.41) is 11.6. The topological polar surface area (TPSA) is 119 Å². The summed E-state index contributed by atoms with van der Waals surface area (Å²) < 4.78 is 10.1. The van der Waals surface area contributed by atoms with Gasteiger partial charge >= 0.3 is 17.9 Å². The summed E-state index contributed by atoms with van der Waals surface area (Å²) in [5.74, 6) is -3.63. The molecule has 1 aliphatic heterocycles. The molecule has 8 heteroatoms. The van der Waals surface area contributed by atoms with Crippen LogP contribution < -0.4 is 5.32 Å². The smallest absolute Gasteiger partial charge is 0.352 e. The maximum atomic E-state index is 11.7. The first-order valence-corrected chi connectivity index (χ1v) is 6.45. The van der Waals surface area contributed by atoms with Crippen molar-refractivity contribution in [2.75, 3.05) is 6.54 Å². The van der Waals surface area contributed by atoms with Crippen molar-refractivity contribution in [2.45, 2.75) is 31.0 Å². The van der Waals surface area contributed by atoms with Crippen molar-refractivity contribution >= 4 is 23.8 Å². The molecule has 0 radical (unpaired) electrons. The average Bonchev–Trinajstić information content (AvgIpc) is 2.76. The largest absolute Gasteiger partial charge is 0.478 e. The zero-order valence-electron chi connectivity index (χ0n) is 11.2. The summed E-state index contributed by atoms with van der Waals surface area (Å²) in [6.07, 6.45) is 0.500. The molecule has 1 amide bonds. The molecule has 1 saturated heterocycles. The van der Waals surface area contributed by atoms with Gasteiger partial charge in [-0.3, -0.25) is 14.4 Å². The summed E-state index contributed by atoms with van der Waals surface area (Å²) >= 11 is 0. The maximum absolute atomic E-state index is 11.7. The Morgan fingerprint density at radius 2 is 2.24 bits per heavy atom. The highest BCUT2D eigenvalue weighted by molar-refractivity contribution is 5.91. The van der Waals surface area contributed by atoms with Gasteiger partial charge in [-0.2, -0.15) is 0 Å². The molecule has 114 valence electrons. The van der Waals surface area contributed by atoms with Gasteiger partial charge in [0, 0.05) is 12.8 Å². The molecule has 0 aromatic carbocycles. The van der Waals surface area contributed by atoms with Crippen molar-refractivity contribution in [1.82, 2.24) is 5.32 Å². The van der Waals surface area contributed by atoms with Crippen LogP contribution in [-0.2, 0) is 28.7 Å². The number of amides is 1. The second-order valence-electron chi connectivity index (χ2n) is 4.99. The quantitative estimate of drug-likeness (QED) is 0.512. The van der Waals surface area contributed by atoms with E-state index >= 15 is 0 Å². The average molecular weight is 297 g/mol. The number of ether oxygens (including phenoxy) is 2. The highest BCUT2D eigenvalue weighted by Crippen LogP contribution is 2.43. The Morgan fingerprint density at radius 3 is 2.86 bits per heavy atom. The highest BCUT2D eigenvalue weighted by Gasteiger charge is 2.59. The molecule has 2 aliphatic rings. The van der Waals surface area contributed by atoms with Crippen LogP contribution in [0.15, 0.2) is 12.7 Å². The Bertz CT molecular complexity index is 515. The number of carbonyl (C=O) groups is 4. The molecule has 8 nitrogen and oxygen atoms in total. The molecule has 2 rings (SSSR count). The molecule has 21 heavy (non-hydrogen) atoms. The van der Waals surface area contributed by atoms with Crippen molar-refractivity contribution in [3.63, 3.8) is 0 Å². The van der Waals surface area contributed by atoms with Gasteiger partial charge < -0.3 is 19.9 Å². The van der Waals surface area contributed by atoms with Crippen molar-refractivity contribution in [2.24, 2.45) is 5.92 Å². The standard InChI is InChI=1S/C13H15NO7/c1-2-9(15)14-6-10(16)21-13(12(18)19)4-3-7-5-8(13)20-11(7)17/h2,7-8H,1,3-6H2,(H,14,15)(H,18,19). The van der Waals surface area contributed by atoms with Crippen LogP contribution in [0.2, 0.25) is 0 Å². The second-order valence-corrected chi connectivity index (χ2v) is 4.99. The van der Waals surface area contributed by atoms with Gasteiger partial charge in [-0.25, -0.2) is 4.79 Å². The van der Waals surface area contributed by atoms with Crippen molar-refractivity contribution < 1.29 is 33.8 Å². The Hall–Kier alpha value is -2.38. The predicted octanol–water partition coefficient (Wildman–Crippen LogP) is -0.619. The minimum Gasteiger partial charge on any atom is -0.478 e. The number of carboxylic acid groups (broad SMARTS) is 1. The normalized spacial score (nSPS) is 30.2. The zero-order valence-corrected chi connectivity index (χ0v) is 11.2. The molecule has 2 fully saturated rings. The van der Waals surface area contributed by atoms with Crippen LogP contribution in [-0.4, -0.2) is 47.2 Å². The highest BCUT2D eigenvalue weighted by atomic mass is 16.6. The maximum Gasteiger partial charge on any atom is 0.352 e. The molecule has 0 spiro atoms. The van der Waals surface area contributed by atoms with Crippen LogP contribution >= 0.6 is 0 Å². The van der Waals surface area contributed by atoms with Gasteiger partial charge in [0.05, 0.1) is 5.92 Å². The summed E-state index contributed by atoms with van der Waals surface area (Å²) in [7, 11) is 0. The van der Waals surface area contributed by atoms with E-state index in [9.17, 15) is 24.3 Å². The number of esters is 2. The van der Waals surface area contributed by atoms with Gasteiger partial charge in [0.15, 0.2) is 6.10 Å². The summed E-state index contributed by atoms with van der Waals surface area (Å²) in [4.78, 5) is 45.7. The third kappa shape index (κ3) is 2.74. The lowest BCUT2D eigenvalue weighted by Crippen LogP contribution is -2.55. The number of nitrogens with one attached hydrogen (secondary N) is 1. The van der Waals surface area contributed by atoms with Crippen molar-refractivity contribution in [3.8, 4) is 0 Å². The van der Waals surface area contributed by atoms with Gasteiger partial charge in [-0.15, -0.1) is 0 Å². The summed E-state index contributed by atoms with van der Waals surface area (Å²) in [5.41, 5.74) is -1.88. The third-order valence-electron chi connectivity index (χ3n) is 3.72. The number of carboxylic acids is 1. The summed E-state index contributed by atoms with van der Waals surface area (Å²) in [6, 6.07) is 0. The molecule has 0 aromatic heterocycles. The molecule has 3 unspecified atom stereocenters. The number of carbonyl (C=O) groups excluding carboxylic acids is 3. The second kappa shape index (κ2) is 5.55. The van der Waals surface area contributed by atoms with Gasteiger partial charge in [0.2, 0.25) is 11.5 Å². The van der Waals surface area contributed by atoms with E-state index in [4.69, 9.17) is 9.47 Å². The minimum atomic E-state index is -1.88. The van der Waals surface area contributed by atoms with E-state index in [1.54, 1.807) is 0 Å². The molecular weight excluding hydrogens is 282 g/mol. The third-order valence-corrected chi connectivity index (χ3v) is 3.72. The first-order valence-electron chi connectivity index (χ1n) is 6.45. The molecular formula is C13H15NO7. The lowest BCUT2D eigenvalue weighted by atomic mass is 9.78. The van der Waals surface area contributed by atoms with Crippen molar-refractivity contribution in [1.29, 1.82) is 0 Å². The van der Waals surface area contributed by atoms with E-state index in [0.29, 0.717) is 0 Å². The van der Waals surface area contributed by atoms with E-state index in [0.717, 1.165) is 6.08 Å². The Balaban J connectivity index is 2.07. The molecule has 3 atom stereocenters. The number of aliphatic carboxylic acids is 1. The fraction of sp³-hybridized carbons (Fsp3) is 0.538. The Morgan fingerprint density at radius 1 is 1.52 bits per heavy atom. The molecule has 1 heterocycles. The molecule has 1 saturated carbocycles. The summed E-state index contributed by atoms with van der Waals surface area (Å²) in [6.45, 7) is 2.74. The van der Waals surface area contributed by atoms with Gasteiger partial charge in [0.25, 0.3) is 0 Å². The molecule has 0 aromatic rings. The molecule has 2 N–H and O–H groups in total. The van der Waals surface area contributed by atoms with Gasteiger partial charge in [0.1, 0.15) is 6.54 Å². The fourth-order valence-corrected chi connectivity index (χ4v) is 2.59. The van der Waals surface area contributed by atoms with E-state index in [2.05, 4.69) is 11.9 Å². The van der Waals surface area contributed by atoms with Gasteiger partial charge in [-0.1, -0.05) is 6.58 Å². The lowest BCUT2D eigenvalue weighted by Gasteiger charge is -2.35. The van der Waals surface area contributed by atoms with Crippen LogP contribution in [0, 0.1) is 5.92 Å². The number of hydrogen-bond donors (Lipinski definition) is 2. The molecule has 2 bridgehead atoms. The minimum absolute atomic E-state index is 0.00452. The van der Waals surface area contributed by atoms with Crippen LogP contribution in [0.3, 0.4) is 0 Å². The SMILES string of the molecule is C=CC(=O)NCC(=O)OC1(C(=O)O)CCC2CC1OC2=O. The van der Waals surface area contributed by atoms with Crippen LogP contribution in [0.25, 0.3) is 0 Å². The zero-order chi connectivity index (χ0) is 15.6. The van der Waals surface area contributed by atoms with Gasteiger partial charge in [-0.05, 0) is 12.5 Å². The van der Waals surface area contributed by atoms with E-state index < -0.39 is 42.1 Å². The van der Waals surface area contributed by atoms with Crippen LogP contribution in [0.4, 0.5) is 0 Å². The lowest BCUT2D eigenvalue weighted by molar-refractivity contribution is -0.196. The fourth-order valence-electron chi connectivity index (χ4n) is 2.59. The Labute approximate surface area is 120 Å². The van der Waals surface area contributed by atoms with E-state index in [1.165, 1.54) is 0 Å². The number of rotatable bonds is 5. The van der Waals surface area contributed by atoms with E-state index in [-0.39, 0.29) is 25.2 Å². The van der Waals surface area contributed by atoms with Crippen LogP contribution in [0.1, 0.15) is 19.3 Å². The first-order chi connectivity index (χ1) is 9.89. The molecule has 1 aliphatic carbocycles.